The SMILES string of the molecule is CCCN1C(=O)[C@H](O)[C@H](O)[C@H](O)C1COC(=O)CN1C[C@@H](O)[C@@H](O)[C@@H](O)[C@@H]1CO. The number of aliphatic hydroxyl groups excluding tert-OH is 7. The summed E-state index contributed by atoms with van der Waals surface area (Å²) in [5.74, 6) is -1.60. The number of likely N-dealkylation sites (tertiary alicyclic amines) is 2. The van der Waals surface area contributed by atoms with Gasteiger partial charge in [-0.3, -0.25) is 14.5 Å². The number of β-amino-alcohol motifs (C(OH)–C–C–N with tert-alkyl or cyclic N) is 1. The maximum atomic E-state index is 12.2. The van der Waals surface area contributed by atoms with Gasteiger partial charge < -0.3 is 45.4 Å². The summed E-state index contributed by atoms with van der Waals surface area (Å²) < 4.78 is 5.12. The quantitative estimate of drug-likeness (QED) is 0.194. The zero-order chi connectivity index (χ0) is 21.9. The second-order valence-electron chi connectivity index (χ2n) is 7.44. The molecule has 0 aliphatic carbocycles. The fourth-order valence-electron chi connectivity index (χ4n) is 3.73. The summed E-state index contributed by atoms with van der Waals surface area (Å²) in [6.45, 7) is 0.328. The smallest absolute Gasteiger partial charge is 0.320 e. The number of esters is 1. The number of carbonyl (C=O) groups excluding carboxylic acids is 2. The molecule has 0 radical (unpaired) electrons. The monoisotopic (exact) mass is 422 g/mol. The van der Waals surface area contributed by atoms with Crippen molar-refractivity contribution < 1.29 is 50.1 Å². The van der Waals surface area contributed by atoms with E-state index in [0.717, 1.165) is 4.90 Å². The molecule has 2 saturated heterocycles. The van der Waals surface area contributed by atoms with Crippen LogP contribution in [0.15, 0.2) is 0 Å². The van der Waals surface area contributed by atoms with Crippen molar-refractivity contribution in [3.8, 4) is 0 Å². The fraction of sp³-hybridized carbons (Fsp3) is 0.882. The van der Waals surface area contributed by atoms with Gasteiger partial charge in [0.15, 0.2) is 6.10 Å². The Morgan fingerprint density at radius 2 is 1.66 bits per heavy atom. The van der Waals surface area contributed by atoms with Gasteiger partial charge in [-0.2, -0.15) is 0 Å². The molecule has 2 fully saturated rings. The molecule has 29 heavy (non-hydrogen) atoms. The number of hydrogen-bond donors (Lipinski definition) is 7. The fourth-order valence-corrected chi connectivity index (χ4v) is 3.73. The molecule has 7 N–H and O–H groups in total. The number of ether oxygens (including phenoxy) is 1. The van der Waals surface area contributed by atoms with Crippen LogP contribution in [0.3, 0.4) is 0 Å². The zero-order valence-electron chi connectivity index (χ0n) is 16.1. The Bertz CT molecular complexity index is 578. The van der Waals surface area contributed by atoms with Crippen LogP contribution in [0.5, 0.6) is 0 Å². The molecule has 0 bridgehead atoms. The minimum absolute atomic E-state index is 0.177. The number of aliphatic hydroxyl groups is 7. The number of piperidine rings is 2. The van der Waals surface area contributed by atoms with Crippen molar-refractivity contribution in [2.24, 2.45) is 0 Å². The van der Waals surface area contributed by atoms with Crippen LogP contribution in [0.4, 0.5) is 0 Å². The van der Waals surface area contributed by atoms with Gasteiger partial charge in [-0.1, -0.05) is 6.92 Å². The molecule has 2 aliphatic heterocycles. The van der Waals surface area contributed by atoms with Gasteiger partial charge in [0.1, 0.15) is 31.0 Å². The van der Waals surface area contributed by atoms with Crippen molar-refractivity contribution in [3.05, 3.63) is 0 Å². The van der Waals surface area contributed by atoms with Gasteiger partial charge in [-0.15, -0.1) is 0 Å². The van der Waals surface area contributed by atoms with E-state index in [1.807, 2.05) is 0 Å². The van der Waals surface area contributed by atoms with Gasteiger partial charge in [0, 0.05) is 13.1 Å². The van der Waals surface area contributed by atoms with Crippen molar-refractivity contribution in [2.45, 2.75) is 62.1 Å². The zero-order valence-corrected chi connectivity index (χ0v) is 16.1. The van der Waals surface area contributed by atoms with Crippen molar-refractivity contribution in [1.29, 1.82) is 0 Å². The van der Waals surface area contributed by atoms with Crippen LogP contribution < -0.4 is 0 Å². The highest BCUT2D eigenvalue weighted by Gasteiger charge is 2.47. The lowest BCUT2D eigenvalue weighted by Crippen LogP contribution is -2.66. The lowest BCUT2D eigenvalue weighted by Gasteiger charge is -2.43. The first-order valence-electron chi connectivity index (χ1n) is 9.53. The lowest BCUT2D eigenvalue weighted by atomic mass is 9.93. The molecular weight excluding hydrogens is 392 g/mol. The van der Waals surface area contributed by atoms with Crippen LogP contribution >= 0.6 is 0 Å². The molecule has 0 saturated carbocycles. The van der Waals surface area contributed by atoms with Gasteiger partial charge in [0.05, 0.1) is 31.3 Å². The summed E-state index contributed by atoms with van der Waals surface area (Å²) in [5.41, 5.74) is 0. The molecule has 1 unspecified atom stereocenters. The summed E-state index contributed by atoms with van der Waals surface area (Å²) in [6, 6.07) is -2.05. The topological polar surface area (TPSA) is 191 Å². The largest absolute Gasteiger partial charge is 0.462 e. The molecule has 0 aromatic heterocycles. The van der Waals surface area contributed by atoms with Gasteiger partial charge in [-0.05, 0) is 6.42 Å². The Morgan fingerprint density at radius 3 is 2.24 bits per heavy atom. The van der Waals surface area contributed by atoms with E-state index in [-0.39, 0.29) is 13.1 Å². The van der Waals surface area contributed by atoms with Crippen molar-refractivity contribution in [2.75, 3.05) is 32.8 Å². The van der Waals surface area contributed by atoms with E-state index in [4.69, 9.17) is 4.74 Å². The Balaban J connectivity index is 2.00. The average molecular weight is 422 g/mol. The molecule has 1 amide bonds. The van der Waals surface area contributed by atoms with Gasteiger partial charge in [0.25, 0.3) is 5.91 Å². The van der Waals surface area contributed by atoms with Crippen LogP contribution in [-0.2, 0) is 14.3 Å². The normalized spacial score (nSPS) is 38.9. The number of rotatable bonds is 7. The third-order valence-corrected chi connectivity index (χ3v) is 5.43. The first-order valence-corrected chi connectivity index (χ1v) is 9.53. The summed E-state index contributed by atoms with van der Waals surface area (Å²) in [6.07, 6.45) is -8.75. The predicted octanol–water partition coefficient (Wildman–Crippen LogP) is -5.01. The Hall–Kier alpha value is -1.38. The molecule has 2 rings (SSSR count). The Kier molecular flexibility index (Phi) is 8.31. The van der Waals surface area contributed by atoms with Crippen LogP contribution in [0.1, 0.15) is 13.3 Å². The van der Waals surface area contributed by atoms with Crippen molar-refractivity contribution in [1.82, 2.24) is 9.80 Å². The second-order valence-corrected chi connectivity index (χ2v) is 7.44. The van der Waals surface area contributed by atoms with Gasteiger partial charge in [0.2, 0.25) is 0 Å². The molecule has 8 atom stereocenters. The average Bonchev–Trinajstić information content (AvgIpc) is 2.68. The van der Waals surface area contributed by atoms with E-state index in [0.29, 0.717) is 6.42 Å². The standard InChI is InChI=1S/C17H30N2O10/c1-2-3-19-9(13(24)15(26)16(27)17(19)28)7-29-11(22)5-18-4-10(21)14(25)12(23)8(18)6-20/h8-10,12-16,20-21,23-27H,2-7H2,1H3/t8-,9?,10+,12-,13+,14+,15+,16+/m0/s1. The van der Waals surface area contributed by atoms with E-state index in [1.54, 1.807) is 6.92 Å². The van der Waals surface area contributed by atoms with Crippen LogP contribution in [0.25, 0.3) is 0 Å². The molecule has 168 valence electrons. The summed E-state index contributed by atoms with van der Waals surface area (Å²) >= 11 is 0. The molecule has 2 aliphatic rings. The lowest BCUT2D eigenvalue weighted by molar-refractivity contribution is -0.184. The number of nitrogens with zero attached hydrogens (tertiary/aromatic N) is 2. The van der Waals surface area contributed by atoms with Crippen LogP contribution in [0, 0.1) is 0 Å². The highest BCUT2D eigenvalue weighted by atomic mass is 16.5. The predicted molar refractivity (Wildman–Crippen MR) is 95.2 cm³/mol. The van der Waals surface area contributed by atoms with E-state index in [9.17, 15) is 45.3 Å². The first-order chi connectivity index (χ1) is 13.6. The van der Waals surface area contributed by atoms with E-state index < -0.39 is 80.3 Å². The van der Waals surface area contributed by atoms with Crippen molar-refractivity contribution >= 4 is 11.9 Å². The van der Waals surface area contributed by atoms with Crippen LogP contribution in [0.2, 0.25) is 0 Å². The molecular formula is C17H30N2O10. The number of hydrogen-bond acceptors (Lipinski definition) is 11. The highest BCUT2D eigenvalue weighted by Crippen LogP contribution is 2.22. The third kappa shape index (κ3) is 5.03. The second kappa shape index (κ2) is 10.1. The van der Waals surface area contributed by atoms with Gasteiger partial charge >= 0.3 is 5.97 Å². The van der Waals surface area contributed by atoms with Gasteiger partial charge in [-0.25, -0.2) is 0 Å². The molecule has 0 spiro atoms. The first kappa shape index (κ1) is 23.9. The third-order valence-electron chi connectivity index (χ3n) is 5.43. The summed E-state index contributed by atoms with van der Waals surface area (Å²) in [5, 5.41) is 68.6. The molecule has 0 aromatic rings. The maximum Gasteiger partial charge on any atom is 0.320 e. The molecule has 12 heteroatoms. The van der Waals surface area contributed by atoms with Crippen molar-refractivity contribution in [3.63, 3.8) is 0 Å². The molecule has 0 aromatic carbocycles. The minimum atomic E-state index is -1.77. The Morgan fingerprint density at radius 1 is 1.03 bits per heavy atom. The maximum absolute atomic E-state index is 12.2. The molecule has 2 heterocycles. The van der Waals surface area contributed by atoms with E-state index in [1.165, 1.54) is 4.90 Å². The number of amides is 1. The summed E-state index contributed by atoms with van der Waals surface area (Å²) in [7, 11) is 0. The highest BCUT2D eigenvalue weighted by molar-refractivity contribution is 5.83. The number of carbonyl (C=O) groups is 2. The molecule has 12 nitrogen and oxygen atoms in total. The van der Waals surface area contributed by atoms with E-state index >= 15 is 0 Å². The minimum Gasteiger partial charge on any atom is -0.462 e. The van der Waals surface area contributed by atoms with E-state index in [2.05, 4.69) is 0 Å². The van der Waals surface area contributed by atoms with Crippen LogP contribution in [-0.4, -0.2) is 139 Å². The Labute approximate surface area is 167 Å². The summed E-state index contributed by atoms with van der Waals surface area (Å²) in [4.78, 5) is 26.8.